The normalized spacial score (nSPS) is 14.6. The highest BCUT2D eigenvalue weighted by Gasteiger charge is 2.34. The van der Waals surface area contributed by atoms with Gasteiger partial charge in [0.15, 0.2) is 0 Å². The second-order valence-electron chi connectivity index (χ2n) is 12.2. The fraction of sp³-hybridized carbons (Fsp3) is 0.500. The van der Waals surface area contributed by atoms with E-state index in [0.29, 0.717) is 49.0 Å². The second kappa shape index (κ2) is 13.7. The minimum atomic E-state index is -0.656. The molecule has 1 fully saturated rings. The van der Waals surface area contributed by atoms with Crippen molar-refractivity contribution in [1.82, 2.24) is 19.8 Å². The van der Waals surface area contributed by atoms with E-state index in [1.165, 1.54) is 0 Å². The number of carbonyl (C=O) groups excluding carboxylic acids is 3. The number of ether oxygens (including phenoxy) is 1. The molecule has 0 aliphatic carbocycles. The van der Waals surface area contributed by atoms with Crippen LogP contribution in [0.4, 0.5) is 16.2 Å². The van der Waals surface area contributed by atoms with E-state index in [-0.39, 0.29) is 24.4 Å². The van der Waals surface area contributed by atoms with Crippen molar-refractivity contribution in [2.45, 2.75) is 71.9 Å². The largest absolute Gasteiger partial charge is 0.444 e. The van der Waals surface area contributed by atoms with Crippen LogP contribution >= 0.6 is 11.6 Å². The molecule has 0 unspecified atom stereocenters. The molecule has 0 bridgehead atoms. The second-order valence-corrected chi connectivity index (χ2v) is 12.6. The molecule has 2 aromatic heterocycles. The number of piperazine rings is 1. The number of benzene rings is 1. The van der Waals surface area contributed by atoms with Gasteiger partial charge in [-0.25, -0.2) is 9.78 Å². The zero-order valence-corrected chi connectivity index (χ0v) is 26.7. The third-order valence-corrected chi connectivity index (χ3v) is 7.69. The van der Waals surface area contributed by atoms with Crippen molar-refractivity contribution in [3.05, 3.63) is 53.3 Å². The first-order valence-electron chi connectivity index (χ1n) is 14.9. The maximum Gasteiger partial charge on any atom is 0.410 e. The quantitative estimate of drug-likeness (QED) is 0.306. The molecule has 4 rings (SSSR count). The molecule has 1 aliphatic rings. The number of halogens is 1. The van der Waals surface area contributed by atoms with E-state index >= 15 is 0 Å². The van der Waals surface area contributed by atoms with Gasteiger partial charge in [0.05, 0.1) is 22.7 Å². The summed E-state index contributed by atoms with van der Waals surface area (Å²) in [7, 11) is 0. The van der Waals surface area contributed by atoms with Crippen molar-refractivity contribution in [2.75, 3.05) is 42.9 Å². The van der Waals surface area contributed by atoms with Gasteiger partial charge in [-0.2, -0.15) is 0 Å². The Kier molecular flexibility index (Phi) is 10.2. The van der Waals surface area contributed by atoms with Crippen molar-refractivity contribution in [3.8, 4) is 0 Å². The SMILES string of the molecule is CCCC(=O)Nc1c[nH]c2nccc(N3CCN(C(=O)[C@H](CN(C(=O)OC(C)(C)C)C(C)C)c4ccc(Cl)cc4)CC3)c12. The Balaban J connectivity index is 1.54. The molecule has 3 amide bonds. The topological polar surface area (TPSA) is 111 Å². The van der Waals surface area contributed by atoms with Crippen molar-refractivity contribution in [1.29, 1.82) is 0 Å². The van der Waals surface area contributed by atoms with E-state index in [9.17, 15) is 14.4 Å². The fourth-order valence-corrected chi connectivity index (χ4v) is 5.39. The number of amides is 3. The Morgan fingerprint density at radius 3 is 2.37 bits per heavy atom. The van der Waals surface area contributed by atoms with E-state index in [1.807, 2.05) is 64.6 Å². The highest BCUT2D eigenvalue weighted by molar-refractivity contribution is 6.30. The van der Waals surface area contributed by atoms with Crippen LogP contribution < -0.4 is 10.2 Å². The molecule has 43 heavy (non-hydrogen) atoms. The third-order valence-electron chi connectivity index (χ3n) is 7.44. The van der Waals surface area contributed by atoms with Crippen LogP contribution in [-0.2, 0) is 14.3 Å². The molecule has 0 radical (unpaired) electrons. The lowest BCUT2D eigenvalue weighted by atomic mass is 9.96. The summed E-state index contributed by atoms with van der Waals surface area (Å²) in [6, 6.07) is 9.01. The summed E-state index contributed by atoms with van der Waals surface area (Å²) < 4.78 is 5.68. The number of pyridine rings is 1. The molecule has 1 saturated heterocycles. The van der Waals surface area contributed by atoms with Gasteiger partial charge in [-0.15, -0.1) is 0 Å². The van der Waals surface area contributed by atoms with Crippen LogP contribution in [0.3, 0.4) is 0 Å². The predicted molar refractivity (Wildman–Crippen MR) is 171 cm³/mol. The van der Waals surface area contributed by atoms with E-state index in [4.69, 9.17) is 16.3 Å². The molecule has 1 atom stereocenters. The Hall–Kier alpha value is -3.79. The number of anilines is 2. The zero-order valence-electron chi connectivity index (χ0n) is 25.9. The number of rotatable bonds is 9. The fourth-order valence-electron chi connectivity index (χ4n) is 5.26. The van der Waals surface area contributed by atoms with Crippen LogP contribution in [0.5, 0.6) is 0 Å². The van der Waals surface area contributed by atoms with Gasteiger partial charge in [0, 0.05) is 62.6 Å². The first-order valence-corrected chi connectivity index (χ1v) is 15.3. The van der Waals surface area contributed by atoms with Crippen LogP contribution in [0.1, 0.15) is 65.9 Å². The van der Waals surface area contributed by atoms with E-state index in [0.717, 1.165) is 23.1 Å². The number of nitrogens with zero attached hydrogens (tertiary/aromatic N) is 4. The molecular formula is C32H43ClN6O4. The van der Waals surface area contributed by atoms with Crippen LogP contribution in [0.25, 0.3) is 11.0 Å². The number of fused-ring (bicyclic) bond motifs is 1. The lowest BCUT2D eigenvalue weighted by molar-refractivity contribution is -0.133. The highest BCUT2D eigenvalue weighted by Crippen LogP contribution is 2.33. The van der Waals surface area contributed by atoms with Crippen LogP contribution in [0, 0.1) is 0 Å². The van der Waals surface area contributed by atoms with Gasteiger partial charge >= 0.3 is 6.09 Å². The molecule has 1 aliphatic heterocycles. The summed E-state index contributed by atoms with van der Waals surface area (Å²) in [5.41, 5.74) is 2.49. The minimum absolute atomic E-state index is 0.0383. The maximum atomic E-state index is 14.1. The Bertz CT molecular complexity index is 1420. The van der Waals surface area contributed by atoms with Crippen LogP contribution in [0.15, 0.2) is 42.7 Å². The zero-order chi connectivity index (χ0) is 31.3. The molecule has 0 saturated carbocycles. The lowest BCUT2D eigenvalue weighted by Crippen LogP contribution is -2.52. The summed E-state index contributed by atoms with van der Waals surface area (Å²) in [6.45, 7) is 13.7. The molecule has 3 heterocycles. The first-order chi connectivity index (χ1) is 20.4. The molecule has 2 N–H and O–H groups in total. The van der Waals surface area contributed by atoms with Crippen molar-refractivity contribution >= 4 is 51.9 Å². The standard InChI is InChI=1S/C32H43ClN6O4/c1-7-8-27(40)36-25-19-35-29-28(25)26(13-14-34-29)37-15-17-38(18-16-37)30(41)24(22-9-11-23(33)12-10-22)20-39(21(2)3)31(42)43-32(4,5)6/h9-14,19,21,24H,7-8,15-18,20H2,1-6H3,(H,34,35)(H,36,40)/t24-/m1/s1. The van der Waals surface area contributed by atoms with Gasteiger partial charge in [0.2, 0.25) is 11.8 Å². The third kappa shape index (κ3) is 7.98. The Morgan fingerprint density at radius 1 is 1.09 bits per heavy atom. The number of nitrogens with one attached hydrogen (secondary N) is 2. The van der Waals surface area contributed by atoms with E-state index in [1.54, 1.807) is 29.4 Å². The number of carbonyl (C=O) groups is 3. The van der Waals surface area contributed by atoms with Gasteiger partial charge in [-0.05, 0) is 64.8 Å². The number of aromatic amines is 1. The Labute approximate surface area is 258 Å². The van der Waals surface area contributed by atoms with Gasteiger partial charge < -0.3 is 29.7 Å². The predicted octanol–water partition coefficient (Wildman–Crippen LogP) is 6.03. The summed E-state index contributed by atoms with van der Waals surface area (Å²) >= 11 is 6.17. The van der Waals surface area contributed by atoms with Crippen molar-refractivity contribution < 1.29 is 19.1 Å². The summed E-state index contributed by atoms with van der Waals surface area (Å²) in [5, 5.41) is 4.44. The molecule has 11 heteroatoms. The number of hydrogen-bond donors (Lipinski definition) is 2. The number of H-pyrrole nitrogens is 1. The summed E-state index contributed by atoms with van der Waals surface area (Å²) in [4.78, 5) is 52.9. The van der Waals surface area contributed by atoms with Gasteiger partial charge in [-0.1, -0.05) is 30.7 Å². The Morgan fingerprint density at radius 2 is 1.77 bits per heavy atom. The monoisotopic (exact) mass is 610 g/mol. The van der Waals surface area contributed by atoms with Gasteiger partial charge in [-0.3, -0.25) is 9.59 Å². The molecule has 3 aromatic rings. The van der Waals surface area contributed by atoms with Crippen molar-refractivity contribution in [3.63, 3.8) is 0 Å². The van der Waals surface area contributed by atoms with E-state index in [2.05, 4.69) is 20.2 Å². The average Bonchev–Trinajstić information content (AvgIpc) is 3.35. The van der Waals surface area contributed by atoms with Crippen LogP contribution in [-0.4, -0.2) is 82.0 Å². The van der Waals surface area contributed by atoms with Gasteiger partial charge in [0.25, 0.3) is 0 Å². The minimum Gasteiger partial charge on any atom is -0.444 e. The highest BCUT2D eigenvalue weighted by atomic mass is 35.5. The molecular weight excluding hydrogens is 568 g/mol. The number of aromatic nitrogens is 2. The molecule has 1 aromatic carbocycles. The maximum absolute atomic E-state index is 14.1. The molecule has 10 nitrogen and oxygen atoms in total. The number of hydrogen-bond acceptors (Lipinski definition) is 6. The summed E-state index contributed by atoms with van der Waals surface area (Å²) in [5.74, 6) is -0.676. The lowest BCUT2D eigenvalue weighted by Gasteiger charge is -2.39. The smallest absolute Gasteiger partial charge is 0.410 e. The first kappa shape index (κ1) is 32.1. The van der Waals surface area contributed by atoms with E-state index < -0.39 is 17.6 Å². The van der Waals surface area contributed by atoms with Gasteiger partial charge in [0.1, 0.15) is 11.2 Å². The average molecular weight is 611 g/mol. The molecule has 0 spiro atoms. The summed E-state index contributed by atoms with van der Waals surface area (Å²) in [6.07, 6.45) is 4.28. The molecule has 232 valence electrons. The van der Waals surface area contributed by atoms with Crippen molar-refractivity contribution in [2.24, 2.45) is 0 Å². The van der Waals surface area contributed by atoms with Crippen LogP contribution in [0.2, 0.25) is 5.02 Å².